The Bertz CT molecular complexity index is 719. The number of rotatable bonds is 2. The van der Waals surface area contributed by atoms with Crippen molar-refractivity contribution < 1.29 is 4.79 Å². The maximum Gasteiger partial charge on any atom is 0.288 e. The molecule has 0 unspecified atom stereocenters. The molecular formula is C17H21N7O. The number of hydrogen-bond donors (Lipinski definition) is 1. The van der Waals surface area contributed by atoms with Crippen LogP contribution in [0, 0.1) is 22.8 Å². The molecular weight excluding hydrogens is 318 g/mol. The van der Waals surface area contributed by atoms with Crippen molar-refractivity contribution in [2.75, 3.05) is 27.2 Å². The highest BCUT2D eigenvalue weighted by atomic mass is 16.2. The summed E-state index contributed by atoms with van der Waals surface area (Å²) < 4.78 is 0. The van der Waals surface area contributed by atoms with E-state index in [1.54, 1.807) is 43.3 Å². The molecule has 8 heteroatoms. The molecule has 1 aromatic rings. The minimum atomic E-state index is -0.382. The van der Waals surface area contributed by atoms with Crippen LogP contribution in [-0.4, -0.2) is 55.1 Å². The van der Waals surface area contributed by atoms with Crippen molar-refractivity contribution >= 4 is 23.8 Å². The summed E-state index contributed by atoms with van der Waals surface area (Å²) in [4.78, 5) is 22.2. The number of hydrogen-bond acceptors (Lipinski definition) is 5. The van der Waals surface area contributed by atoms with E-state index in [1.165, 1.54) is 24.1 Å². The number of amidine groups is 1. The molecule has 8 nitrogen and oxygen atoms in total. The fourth-order valence-corrected chi connectivity index (χ4v) is 1.91. The largest absolute Gasteiger partial charge is 0.379 e. The summed E-state index contributed by atoms with van der Waals surface area (Å²) in [6.45, 7) is 1.97. The summed E-state index contributed by atoms with van der Waals surface area (Å²) in [5, 5.41) is 17.0. The molecule has 0 radical (unpaired) electrons. The van der Waals surface area contributed by atoms with Gasteiger partial charge < -0.3 is 15.5 Å². The first-order valence-electron chi connectivity index (χ1n) is 7.70. The lowest BCUT2D eigenvalue weighted by Gasteiger charge is -2.07. The van der Waals surface area contributed by atoms with Gasteiger partial charge in [0.25, 0.3) is 5.91 Å². The van der Waals surface area contributed by atoms with Gasteiger partial charge in [-0.05, 0) is 31.0 Å². The van der Waals surface area contributed by atoms with E-state index in [0.29, 0.717) is 11.3 Å². The first-order valence-corrected chi connectivity index (χ1v) is 7.70. The van der Waals surface area contributed by atoms with Crippen molar-refractivity contribution in [2.45, 2.75) is 12.8 Å². The van der Waals surface area contributed by atoms with Crippen molar-refractivity contribution in [1.82, 2.24) is 9.80 Å². The Kier molecular flexibility index (Phi) is 8.17. The molecule has 130 valence electrons. The lowest BCUT2D eigenvalue weighted by molar-refractivity contribution is -0.121. The average Bonchev–Trinajstić information content (AvgIpc) is 3.15. The molecule has 0 atom stereocenters. The average molecular weight is 339 g/mol. The fourth-order valence-electron chi connectivity index (χ4n) is 1.91. The van der Waals surface area contributed by atoms with Gasteiger partial charge in [-0.2, -0.15) is 10.5 Å². The normalized spacial score (nSPS) is 13.6. The Morgan fingerprint density at radius 2 is 2.00 bits per heavy atom. The predicted octanol–water partition coefficient (Wildman–Crippen LogP) is 1.23. The van der Waals surface area contributed by atoms with Crippen LogP contribution in [0.1, 0.15) is 18.4 Å². The molecule has 0 bridgehead atoms. The summed E-state index contributed by atoms with van der Waals surface area (Å²) in [6, 6.07) is 8.72. The molecule has 2 rings (SSSR count). The number of carbonyl (C=O) groups is 1. The smallest absolute Gasteiger partial charge is 0.288 e. The van der Waals surface area contributed by atoms with Crippen LogP contribution in [0.3, 0.4) is 0 Å². The summed E-state index contributed by atoms with van der Waals surface area (Å²) >= 11 is 0. The number of aliphatic imine (C=N–C) groups is 2. The number of carbonyl (C=O) groups excluding carboxylic acids is 1. The zero-order valence-corrected chi connectivity index (χ0v) is 14.4. The van der Waals surface area contributed by atoms with Crippen molar-refractivity contribution in [1.29, 1.82) is 10.5 Å². The van der Waals surface area contributed by atoms with E-state index in [-0.39, 0.29) is 11.7 Å². The third-order valence-electron chi connectivity index (χ3n) is 3.25. The molecule has 2 N–H and O–H groups in total. The van der Waals surface area contributed by atoms with E-state index < -0.39 is 0 Å². The molecule has 0 aliphatic carbocycles. The quantitative estimate of drug-likeness (QED) is 0.493. The second-order valence-electron chi connectivity index (χ2n) is 5.41. The van der Waals surface area contributed by atoms with Crippen LogP contribution in [0.2, 0.25) is 0 Å². The molecule has 1 heterocycles. The lowest BCUT2D eigenvalue weighted by Crippen LogP contribution is -2.35. The monoisotopic (exact) mass is 339 g/mol. The van der Waals surface area contributed by atoms with Gasteiger partial charge in [0, 0.05) is 27.2 Å². The zero-order chi connectivity index (χ0) is 18.7. The molecule has 1 aliphatic rings. The van der Waals surface area contributed by atoms with E-state index in [0.717, 1.165) is 13.1 Å². The molecule has 0 spiro atoms. The van der Waals surface area contributed by atoms with Crippen molar-refractivity contribution in [3.05, 3.63) is 29.8 Å². The Labute approximate surface area is 147 Å². The van der Waals surface area contributed by atoms with Gasteiger partial charge in [-0.1, -0.05) is 6.07 Å². The third-order valence-corrected chi connectivity index (χ3v) is 3.25. The van der Waals surface area contributed by atoms with E-state index in [1.807, 2.05) is 6.07 Å². The van der Waals surface area contributed by atoms with Crippen LogP contribution in [-0.2, 0) is 4.79 Å². The minimum Gasteiger partial charge on any atom is -0.379 e. The van der Waals surface area contributed by atoms with Gasteiger partial charge >= 0.3 is 0 Å². The lowest BCUT2D eigenvalue weighted by atomic mass is 10.2. The Morgan fingerprint density at radius 3 is 2.52 bits per heavy atom. The topological polar surface area (TPSA) is 122 Å². The molecule has 0 aromatic heterocycles. The highest BCUT2D eigenvalue weighted by molar-refractivity contribution is 6.38. The van der Waals surface area contributed by atoms with Gasteiger partial charge in [0.1, 0.15) is 6.34 Å². The van der Waals surface area contributed by atoms with Crippen molar-refractivity contribution in [3.63, 3.8) is 0 Å². The first kappa shape index (κ1) is 19.7. The van der Waals surface area contributed by atoms with Gasteiger partial charge in [0.05, 0.1) is 17.3 Å². The van der Waals surface area contributed by atoms with Gasteiger partial charge in [-0.25, -0.2) is 9.98 Å². The van der Waals surface area contributed by atoms with Crippen LogP contribution < -0.4 is 5.73 Å². The van der Waals surface area contributed by atoms with Crippen LogP contribution in [0.4, 0.5) is 5.69 Å². The summed E-state index contributed by atoms with van der Waals surface area (Å²) in [7, 11) is 3.16. The molecule has 25 heavy (non-hydrogen) atoms. The number of benzene rings is 1. The molecule has 1 aromatic carbocycles. The van der Waals surface area contributed by atoms with E-state index in [4.69, 9.17) is 16.3 Å². The van der Waals surface area contributed by atoms with E-state index in [2.05, 4.69) is 16.2 Å². The van der Waals surface area contributed by atoms with Crippen molar-refractivity contribution in [3.8, 4) is 12.3 Å². The Balaban J connectivity index is 0.000000370. The molecule has 1 saturated heterocycles. The van der Waals surface area contributed by atoms with Crippen LogP contribution in [0.5, 0.6) is 0 Å². The maximum atomic E-state index is 11.4. The predicted molar refractivity (Wildman–Crippen MR) is 96.0 cm³/mol. The Morgan fingerprint density at radius 1 is 1.32 bits per heavy atom. The van der Waals surface area contributed by atoms with Crippen LogP contribution in [0.25, 0.3) is 0 Å². The van der Waals surface area contributed by atoms with E-state index >= 15 is 0 Å². The number of nitriles is 2. The SMILES string of the molecule is CN(C)C(=O)C(N)=NC=Nc1cccc(C#N)c1.N#CN1CCCC1. The van der Waals surface area contributed by atoms with E-state index in [9.17, 15) is 4.79 Å². The number of amides is 1. The van der Waals surface area contributed by atoms with Gasteiger partial charge in [0.2, 0.25) is 0 Å². The standard InChI is InChI=1S/C12H13N5O.C5H8N2/c1-17(2)12(18)11(14)16-8-15-10-5-3-4-9(6-10)7-13;6-5-7-3-1-2-4-7/h3-6,8H,1-2H3,(H2,14,15,16);1-4H2. The van der Waals surface area contributed by atoms with Gasteiger partial charge in [-0.15, -0.1) is 0 Å². The summed E-state index contributed by atoms with van der Waals surface area (Å²) in [5.41, 5.74) is 6.53. The molecule has 1 amide bonds. The highest BCUT2D eigenvalue weighted by Gasteiger charge is 2.07. The fraction of sp³-hybridized carbons (Fsp3) is 0.353. The minimum absolute atomic E-state index is 0.139. The zero-order valence-electron chi connectivity index (χ0n) is 14.4. The van der Waals surface area contributed by atoms with Gasteiger partial charge in [0.15, 0.2) is 12.0 Å². The first-order chi connectivity index (χ1) is 12.0. The maximum absolute atomic E-state index is 11.4. The molecule has 1 fully saturated rings. The number of likely N-dealkylation sites (tertiary alicyclic amines) is 1. The second-order valence-corrected chi connectivity index (χ2v) is 5.41. The summed E-state index contributed by atoms with van der Waals surface area (Å²) in [5.74, 6) is -0.521. The number of nitrogens with two attached hydrogens (primary N) is 1. The van der Waals surface area contributed by atoms with Crippen molar-refractivity contribution in [2.24, 2.45) is 15.7 Å². The third kappa shape index (κ3) is 7.14. The van der Waals surface area contributed by atoms with Crippen LogP contribution >= 0.6 is 0 Å². The Hall–Kier alpha value is -3.39. The molecule has 1 aliphatic heterocycles. The number of nitrogens with zero attached hydrogens (tertiary/aromatic N) is 6. The highest BCUT2D eigenvalue weighted by Crippen LogP contribution is 2.12. The van der Waals surface area contributed by atoms with Gasteiger partial charge in [-0.3, -0.25) is 4.79 Å². The number of likely N-dealkylation sites (N-methyl/N-ethyl adjacent to an activating group) is 1. The summed E-state index contributed by atoms with van der Waals surface area (Å²) in [6.07, 6.45) is 5.69. The van der Waals surface area contributed by atoms with Crippen LogP contribution in [0.15, 0.2) is 34.3 Å². The molecule has 0 saturated carbocycles. The second kappa shape index (κ2) is 10.4.